The second-order valence-electron chi connectivity index (χ2n) is 5.25. The van der Waals surface area contributed by atoms with Gasteiger partial charge in [0.2, 0.25) is 5.75 Å². The Morgan fingerprint density at radius 2 is 1.91 bits per heavy atom. The first-order valence-electron chi connectivity index (χ1n) is 7.53. The van der Waals surface area contributed by atoms with Gasteiger partial charge in [-0.05, 0) is 24.6 Å². The molecule has 1 amide bonds. The van der Waals surface area contributed by atoms with Crippen LogP contribution in [0.15, 0.2) is 12.1 Å². The van der Waals surface area contributed by atoms with Crippen LogP contribution in [0.2, 0.25) is 0 Å². The lowest BCUT2D eigenvalue weighted by molar-refractivity contribution is -0.134. The summed E-state index contributed by atoms with van der Waals surface area (Å²) >= 11 is 0. The van der Waals surface area contributed by atoms with Crippen LogP contribution in [0, 0.1) is 0 Å². The molecule has 0 aromatic heterocycles. The van der Waals surface area contributed by atoms with Gasteiger partial charge >= 0.3 is 0 Å². The number of carbonyl (C=O) groups is 1. The van der Waals surface area contributed by atoms with Crippen molar-refractivity contribution in [1.82, 2.24) is 10.6 Å². The molecule has 0 saturated carbocycles. The van der Waals surface area contributed by atoms with Crippen LogP contribution in [0.3, 0.4) is 0 Å². The third kappa shape index (κ3) is 4.05. The molecule has 1 heterocycles. The van der Waals surface area contributed by atoms with Gasteiger partial charge in [0.15, 0.2) is 11.5 Å². The summed E-state index contributed by atoms with van der Waals surface area (Å²) in [6.45, 7) is 3.73. The number of amides is 1. The molecule has 1 aliphatic heterocycles. The van der Waals surface area contributed by atoms with E-state index in [0.29, 0.717) is 30.4 Å². The molecule has 7 heteroatoms. The van der Waals surface area contributed by atoms with Crippen molar-refractivity contribution in [3.05, 3.63) is 17.7 Å². The van der Waals surface area contributed by atoms with Gasteiger partial charge in [-0.15, -0.1) is 0 Å². The highest BCUT2D eigenvalue weighted by Crippen LogP contribution is 2.39. The van der Waals surface area contributed by atoms with E-state index in [2.05, 4.69) is 10.6 Å². The predicted molar refractivity (Wildman–Crippen MR) is 85.3 cm³/mol. The number of methoxy groups -OCH3 is 3. The van der Waals surface area contributed by atoms with Gasteiger partial charge in [0.05, 0.1) is 34.0 Å². The molecule has 2 atom stereocenters. The van der Waals surface area contributed by atoms with Gasteiger partial charge in [-0.2, -0.15) is 0 Å². The number of carbonyl (C=O) groups excluding carboxylic acids is 1. The summed E-state index contributed by atoms with van der Waals surface area (Å²) in [6, 6.07) is 3.43. The van der Waals surface area contributed by atoms with Gasteiger partial charge in [0.25, 0.3) is 5.91 Å². The molecule has 0 radical (unpaired) electrons. The lowest BCUT2D eigenvalue weighted by Crippen LogP contribution is -2.48. The van der Waals surface area contributed by atoms with Crippen LogP contribution in [-0.4, -0.2) is 53.0 Å². The summed E-state index contributed by atoms with van der Waals surface area (Å²) in [5, 5.41) is 6.09. The second kappa shape index (κ2) is 8.03. The number of rotatable bonds is 6. The summed E-state index contributed by atoms with van der Waals surface area (Å²) < 4.78 is 21.4. The minimum atomic E-state index is -0.465. The molecule has 128 valence electrons. The maximum absolute atomic E-state index is 12.3. The predicted octanol–water partition coefficient (Wildman–Crippen LogP) is 0.878. The molecular weight excluding hydrogens is 300 g/mol. The summed E-state index contributed by atoms with van der Waals surface area (Å²) in [4.78, 5) is 12.3. The largest absolute Gasteiger partial charge is 0.493 e. The van der Waals surface area contributed by atoms with E-state index in [9.17, 15) is 4.79 Å². The van der Waals surface area contributed by atoms with E-state index in [4.69, 9.17) is 18.9 Å². The van der Waals surface area contributed by atoms with Crippen LogP contribution >= 0.6 is 0 Å². The molecule has 0 aliphatic carbocycles. The molecule has 2 unspecified atom stereocenters. The molecule has 1 aromatic carbocycles. The van der Waals surface area contributed by atoms with E-state index < -0.39 is 6.10 Å². The average Bonchev–Trinajstić information content (AvgIpc) is 2.60. The molecule has 1 aliphatic rings. The Kier molecular flexibility index (Phi) is 6.06. The molecule has 1 aromatic rings. The van der Waals surface area contributed by atoms with Gasteiger partial charge in [-0.3, -0.25) is 4.79 Å². The molecule has 2 N–H and O–H groups in total. The lowest BCUT2D eigenvalue weighted by Gasteiger charge is -2.25. The van der Waals surface area contributed by atoms with E-state index >= 15 is 0 Å². The fraction of sp³-hybridized carbons (Fsp3) is 0.562. The van der Waals surface area contributed by atoms with Crippen molar-refractivity contribution in [3.8, 4) is 17.2 Å². The average molecular weight is 324 g/mol. The van der Waals surface area contributed by atoms with E-state index in [1.807, 2.05) is 19.1 Å². The third-order valence-corrected chi connectivity index (χ3v) is 3.77. The van der Waals surface area contributed by atoms with Crippen molar-refractivity contribution in [3.63, 3.8) is 0 Å². The van der Waals surface area contributed by atoms with Crippen LogP contribution in [-0.2, 0) is 9.53 Å². The Morgan fingerprint density at radius 3 is 2.39 bits per heavy atom. The summed E-state index contributed by atoms with van der Waals surface area (Å²) in [6.07, 6.45) is -0.465. The van der Waals surface area contributed by atoms with E-state index in [1.165, 1.54) is 0 Å². The minimum Gasteiger partial charge on any atom is -0.493 e. The van der Waals surface area contributed by atoms with Crippen LogP contribution in [0.1, 0.15) is 18.5 Å². The molecule has 1 saturated heterocycles. The molecule has 23 heavy (non-hydrogen) atoms. The van der Waals surface area contributed by atoms with Crippen molar-refractivity contribution >= 4 is 5.91 Å². The van der Waals surface area contributed by atoms with Crippen molar-refractivity contribution in [2.45, 2.75) is 19.1 Å². The topological polar surface area (TPSA) is 78.1 Å². The van der Waals surface area contributed by atoms with Crippen molar-refractivity contribution in [2.75, 3.05) is 41.0 Å². The van der Waals surface area contributed by atoms with Crippen molar-refractivity contribution < 1.29 is 23.7 Å². The van der Waals surface area contributed by atoms with E-state index in [1.54, 1.807) is 21.3 Å². The molecule has 7 nitrogen and oxygen atoms in total. The van der Waals surface area contributed by atoms with Crippen LogP contribution < -0.4 is 24.8 Å². The first-order chi connectivity index (χ1) is 11.1. The number of nitrogens with one attached hydrogen (secondary N) is 2. The zero-order valence-electron chi connectivity index (χ0n) is 14.0. The Bertz CT molecular complexity index is 518. The minimum absolute atomic E-state index is 0.140. The fourth-order valence-electron chi connectivity index (χ4n) is 2.47. The van der Waals surface area contributed by atoms with Crippen LogP contribution in [0.4, 0.5) is 0 Å². The van der Waals surface area contributed by atoms with Crippen LogP contribution in [0.25, 0.3) is 0 Å². The summed E-state index contributed by atoms with van der Waals surface area (Å²) in [5.74, 6) is 1.49. The highest BCUT2D eigenvalue weighted by Gasteiger charge is 2.24. The smallest absolute Gasteiger partial charge is 0.250 e. The van der Waals surface area contributed by atoms with Crippen molar-refractivity contribution in [1.29, 1.82) is 0 Å². The third-order valence-electron chi connectivity index (χ3n) is 3.77. The molecular formula is C16H24N2O5. The Labute approximate surface area is 136 Å². The molecule has 2 rings (SSSR count). The van der Waals surface area contributed by atoms with E-state index in [0.717, 1.165) is 12.1 Å². The Morgan fingerprint density at radius 1 is 1.26 bits per heavy atom. The quantitative estimate of drug-likeness (QED) is 0.809. The SMILES string of the molecule is COc1cc(C(C)NC(=O)C2CNCCO2)cc(OC)c1OC. The second-order valence-corrected chi connectivity index (χ2v) is 5.25. The van der Waals surface area contributed by atoms with Crippen molar-refractivity contribution in [2.24, 2.45) is 0 Å². The molecule has 1 fully saturated rings. The zero-order chi connectivity index (χ0) is 16.8. The maximum Gasteiger partial charge on any atom is 0.250 e. The Balaban J connectivity index is 2.14. The molecule has 0 spiro atoms. The van der Waals surface area contributed by atoms with Gasteiger partial charge in [-0.1, -0.05) is 0 Å². The van der Waals surface area contributed by atoms with Gasteiger partial charge in [0, 0.05) is 13.1 Å². The summed E-state index contributed by atoms with van der Waals surface area (Å²) in [7, 11) is 4.68. The number of hydrogen-bond acceptors (Lipinski definition) is 6. The van der Waals surface area contributed by atoms with Gasteiger partial charge in [-0.25, -0.2) is 0 Å². The van der Waals surface area contributed by atoms with Gasteiger partial charge < -0.3 is 29.6 Å². The first kappa shape index (κ1) is 17.4. The molecule has 0 bridgehead atoms. The highest BCUT2D eigenvalue weighted by molar-refractivity contribution is 5.81. The monoisotopic (exact) mass is 324 g/mol. The number of ether oxygens (including phenoxy) is 4. The fourth-order valence-corrected chi connectivity index (χ4v) is 2.47. The number of benzene rings is 1. The zero-order valence-corrected chi connectivity index (χ0v) is 14.0. The number of morpholine rings is 1. The van der Waals surface area contributed by atoms with Gasteiger partial charge in [0.1, 0.15) is 6.10 Å². The first-order valence-corrected chi connectivity index (χ1v) is 7.53. The highest BCUT2D eigenvalue weighted by atomic mass is 16.5. The summed E-state index contributed by atoms with van der Waals surface area (Å²) in [5.41, 5.74) is 0.858. The maximum atomic E-state index is 12.3. The van der Waals surface area contributed by atoms with Crippen LogP contribution in [0.5, 0.6) is 17.2 Å². The standard InChI is InChI=1S/C16H24N2O5/c1-10(18-16(19)14-9-17-5-6-23-14)11-7-12(20-2)15(22-4)13(8-11)21-3/h7-8,10,14,17H,5-6,9H2,1-4H3,(H,18,19). The Hall–Kier alpha value is -1.99. The van der Waals surface area contributed by atoms with E-state index in [-0.39, 0.29) is 11.9 Å². The lowest BCUT2D eigenvalue weighted by atomic mass is 10.1. The number of hydrogen-bond donors (Lipinski definition) is 2. The normalized spacial score (nSPS) is 18.9.